The van der Waals surface area contributed by atoms with Crippen molar-refractivity contribution in [3.05, 3.63) is 12.2 Å². The minimum absolute atomic E-state index is 0.266. The van der Waals surface area contributed by atoms with E-state index in [1.54, 1.807) is 0 Å². The summed E-state index contributed by atoms with van der Waals surface area (Å²) in [6.07, 6.45) is 6.95. The number of Topliss-reactive ketones (excluding diaryl/α,β-unsaturated/α-hetero) is 1. The smallest absolute Gasteiger partial charge is 0.137 e. The SMILES string of the molecule is CC1(C)CC12C=CCC(=O)C2. The molecule has 0 aromatic heterocycles. The van der Waals surface area contributed by atoms with Crippen LogP contribution in [0, 0.1) is 10.8 Å². The molecule has 0 aromatic rings. The van der Waals surface area contributed by atoms with E-state index in [-0.39, 0.29) is 5.41 Å². The highest BCUT2D eigenvalue weighted by Gasteiger charge is 2.60. The molecule has 1 spiro atoms. The van der Waals surface area contributed by atoms with Gasteiger partial charge >= 0.3 is 0 Å². The van der Waals surface area contributed by atoms with Crippen molar-refractivity contribution in [2.45, 2.75) is 33.1 Å². The number of allylic oxidation sites excluding steroid dienone is 2. The van der Waals surface area contributed by atoms with Crippen LogP contribution in [0.1, 0.15) is 33.1 Å². The van der Waals surface area contributed by atoms with Gasteiger partial charge in [0.05, 0.1) is 0 Å². The molecule has 0 N–H and O–H groups in total. The Kier molecular flexibility index (Phi) is 1.14. The zero-order chi connectivity index (χ0) is 8.11. The highest BCUT2D eigenvalue weighted by Crippen LogP contribution is 2.67. The summed E-state index contributed by atoms with van der Waals surface area (Å²) in [6.45, 7) is 4.49. The second-order valence-electron chi connectivity index (χ2n) is 4.54. The monoisotopic (exact) mass is 150 g/mol. The van der Waals surface area contributed by atoms with Crippen LogP contribution >= 0.6 is 0 Å². The topological polar surface area (TPSA) is 17.1 Å². The van der Waals surface area contributed by atoms with Gasteiger partial charge in [-0.2, -0.15) is 0 Å². The Morgan fingerprint density at radius 2 is 2.09 bits per heavy atom. The molecule has 1 saturated carbocycles. The predicted molar refractivity (Wildman–Crippen MR) is 44.2 cm³/mol. The zero-order valence-corrected chi connectivity index (χ0v) is 7.18. The lowest BCUT2D eigenvalue weighted by Gasteiger charge is -2.18. The molecule has 0 amide bonds. The molecule has 0 heterocycles. The Labute approximate surface area is 67.5 Å². The van der Waals surface area contributed by atoms with E-state index in [1.165, 1.54) is 6.42 Å². The van der Waals surface area contributed by atoms with Gasteiger partial charge < -0.3 is 0 Å². The van der Waals surface area contributed by atoms with E-state index >= 15 is 0 Å². The molecule has 1 unspecified atom stereocenters. The predicted octanol–water partition coefficient (Wildman–Crippen LogP) is 2.32. The Balaban J connectivity index is 2.24. The molecule has 11 heavy (non-hydrogen) atoms. The Morgan fingerprint density at radius 3 is 2.45 bits per heavy atom. The molecule has 0 radical (unpaired) electrons. The molecule has 1 heteroatoms. The molecular weight excluding hydrogens is 136 g/mol. The summed E-state index contributed by atoms with van der Waals surface area (Å²) in [5.74, 6) is 0.415. The quantitative estimate of drug-likeness (QED) is 0.484. The number of carbonyl (C=O) groups is 1. The lowest BCUT2D eigenvalue weighted by Crippen LogP contribution is -2.15. The summed E-state index contributed by atoms with van der Waals surface area (Å²) in [5.41, 5.74) is 0.655. The van der Waals surface area contributed by atoms with Crippen LogP contribution < -0.4 is 0 Å². The maximum Gasteiger partial charge on any atom is 0.137 e. The summed E-state index contributed by atoms with van der Waals surface area (Å²) in [5, 5.41) is 0. The highest BCUT2D eigenvalue weighted by atomic mass is 16.1. The lowest BCUT2D eigenvalue weighted by molar-refractivity contribution is -0.119. The van der Waals surface area contributed by atoms with Gasteiger partial charge in [-0.05, 0) is 11.8 Å². The molecule has 1 atom stereocenters. The van der Waals surface area contributed by atoms with E-state index in [2.05, 4.69) is 19.9 Å². The fraction of sp³-hybridized carbons (Fsp3) is 0.700. The van der Waals surface area contributed by atoms with Crippen LogP contribution in [0.3, 0.4) is 0 Å². The van der Waals surface area contributed by atoms with Crippen molar-refractivity contribution < 1.29 is 4.79 Å². The molecule has 1 nitrogen and oxygen atoms in total. The summed E-state index contributed by atoms with van der Waals surface area (Å²) >= 11 is 0. The zero-order valence-electron chi connectivity index (χ0n) is 7.18. The average molecular weight is 150 g/mol. The van der Waals surface area contributed by atoms with Crippen molar-refractivity contribution in [2.24, 2.45) is 10.8 Å². The minimum atomic E-state index is 0.266. The van der Waals surface area contributed by atoms with Crippen LogP contribution in [0.5, 0.6) is 0 Å². The lowest BCUT2D eigenvalue weighted by atomic mass is 9.85. The third-order valence-corrected chi connectivity index (χ3v) is 3.28. The van der Waals surface area contributed by atoms with E-state index < -0.39 is 0 Å². The van der Waals surface area contributed by atoms with Crippen molar-refractivity contribution in [1.29, 1.82) is 0 Å². The Bertz CT molecular complexity index is 237. The average Bonchev–Trinajstić information content (AvgIpc) is 2.32. The summed E-state index contributed by atoms with van der Waals surface area (Å²) < 4.78 is 0. The summed E-state index contributed by atoms with van der Waals surface area (Å²) in [7, 11) is 0. The van der Waals surface area contributed by atoms with Crippen LogP contribution in [0.4, 0.5) is 0 Å². The van der Waals surface area contributed by atoms with Gasteiger partial charge in [0.1, 0.15) is 5.78 Å². The van der Waals surface area contributed by atoms with Crippen LogP contribution in [-0.2, 0) is 4.79 Å². The fourth-order valence-electron chi connectivity index (χ4n) is 2.23. The van der Waals surface area contributed by atoms with E-state index in [4.69, 9.17) is 0 Å². The summed E-state index contributed by atoms with van der Waals surface area (Å²) in [6, 6.07) is 0. The van der Waals surface area contributed by atoms with Gasteiger partial charge in [-0.1, -0.05) is 26.0 Å². The highest BCUT2D eigenvalue weighted by molar-refractivity contribution is 5.83. The second kappa shape index (κ2) is 1.77. The first-order valence-corrected chi connectivity index (χ1v) is 4.25. The second-order valence-corrected chi connectivity index (χ2v) is 4.54. The number of ketones is 1. The number of rotatable bonds is 0. The molecule has 0 bridgehead atoms. The fourth-order valence-corrected chi connectivity index (χ4v) is 2.23. The van der Waals surface area contributed by atoms with Crippen molar-refractivity contribution >= 4 is 5.78 Å². The number of carbonyl (C=O) groups excluding carboxylic acids is 1. The molecule has 1 fully saturated rings. The van der Waals surface area contributed by atoms with Gasteiger partial charge in [-0.15, -0.1) is 0 Å². The molecule has 0 saturated heterocycles. The first-order valence-electron chi connectivity index (χ1n) is 4.25. The van der Waals surface area contributed by atoms with Gasteiger partial charge in [-0.25, -0.2) is 0 Å². The van der Waals surface area contributed by atoms with Crippen molar-refractivity contribution in [3.63, 3.8) is 0 Å². The van der Waals surface area contributed by atoms with E-state index in [9.17, 15) is 4.79 Å². The van der Waals surface area contributed by atoms with Crippen molar-refractivity contribution in [1.82, 2.24) is 0 Å². The van der Waals surface area contributed by atoms with Crippen LogP contribution in [-0.4, -0.2) is 5.78 Å². The third-order valence-electron chi connectivity index (χ3n) is 3.28. The maximum absolute atomic E-state index is 11.2. The van der Waals surface area contributed by atoms with Gasteiger partial charge in [0, 0.05) is 18.3 Å². The van der Waals surface area contributed by atoms with Gasteiger partial charge in [0.2, 0.25) is 0 Å². The molecule has 2 rings (SSSR count). The molecular formula is C10H14O. The number of hydrogen-bond acceptors (Lipinski definition) is 1. The summed E-state index contributed by atoms with van der Waals surface area (Å²) in [4.78, 5) is 11.2. The van der Waals surface area contributed by atoms with E-state index in [0.29, 0.717) is 17.6 Å². The van der Waals surface area contributed by atoms with Crippen LogP contribution in [0.15, 0.2) is 12.2 Å². The molecule has 0 aliphatic heterocycles. The van der Waals surface area contributed by atoms with Crippen molar-refractivity contribution in [2.75, 3.05) is 0 Å². The molecule has 60 valence electrons. The minimum Gasteiger partial charge on any atom is -0.299 e. The van der Waals surface area contributed by atoms with Gasteiger partial charge in [0.25, 0.3) is 0 Å². The first-order chi connectivity index (χ1) is 5.06. The van der Waals surface area contributed by atoms with Gasteiger partial charge in [0.15, 0.2) is 0 Å². The van der Waals surface area contributed by atoms with E-state index in [0.717, 1.165) is 6.42 Å². The van der Waals surface area contributed by atoms with Gasteiger partial charge in [-0.3, -0.25) is 4.79 Å². The molecule has 2 aliphatic rings. The molecule has 0 aromatic carbocycles. The Hall–Kier alpha value is -0.590. The van der Waals surface area contributed by atoms with Crippen LogP contribution in [0.25, 0.3) is 0 Å². The standard InChI is InChI=1S/C10H14O/c1-9(2)7-10(9)5-3-4-8(11)6-10/h3,5H,4,6-7H2,1-2H3. The normalized spacial score (nSPS) is 39.6. The van der Waals surface area contributed by atoms with E-state index in [1.807, 2.05) is 6.08 Å². The number of hydrogen-bond donors (Lipinski definition) is 0. The van der Waals surface area contributed by atoms with Crippen LogP contribution in [0.2, 0.25) is 0 Å². The first kappa shape index (κ1) is 7.08. The Morgan fingerprint density at radius 1 is 1.45 bits per heavy atom. The maximum atomic E-state index is 11.2. The third kappa shape index (κ3) is 0.867. The molecule has 2 aliphatic carbocycles. The van der Waals surface area contributed by atoms with Crippen molar-refractivity contribution in [3.8, 4) is 0 Å². The largest absolute Gasteiger partial charge is 0.299 e.